The van der Waals surface area contributed by atoms with Crippen LogP contribution in [-0.4, -0.2) is 19.1 Å². The molecule has 0 bridgehead atoms. The second kappa shape index (κ2) is 7.28. The van der Waals surface area contributed by atoms with Gasteiger partial charge in [0.25, 0.3) is 0 Å². The minimum Gasteiger partial charge on any atom is -0.469 e. The Kier molecular flexibility index (Phi) is 6.31. The van der Waals surface area contributed by atoms with Gasteiger partial charge in [-0.05, 0) is 42.9 Å². The Bertz CT molecular complexity index is 290. The maximum atomic E-state index is 11.8. The molecule has 3 nitrogen and oxygen atoms in total. The van der Waals surface area contributed by atoms with E-state index in [2.05, 4.69) is 20.8 Å². The summed E-state index contributed by atoms with van der Waals surface area (Å²) in [4.78, 5) is 11.8. The van der Waals surface area contributed by atoms with Crippen LogP contribution in [0.5, 0.6) is 0 Å². The Morgan fingerprint density at radius 2 is 2.16 bits per heavy atom. The first-order chi connectivity index (χ1) is 8.93. The molecule has 0 amide bonds. The summed E-state index contributed by atoms with van der Waals surface area (Å²) in [5.41, 5.74) is 6.34. The Hall–Kier alpha value is -0.570. The van der Waals surface area contributed by atoms with Crippen molar-refractivity contribution in [3.63, 3.8) is 0 Å². The predicted octanol–water partition coefficient (Wildman–Crippen LogP) is 3.51. The van der Waals surface area contributed by atoms with Crippen molar-refractivity contribution < 1.29 is 9.53 Å². The number of rotatable bonds is 6. The van der Waals surface area contributed by atoms with Crippen molar-refractivity contribution in [3.05, 3.63) is 0 Å². The molecular formula is C16H31NO2. The van der Waals surface area contributed by atoms with Crippen LogP contribution in [0.25, 0.3) is 0 Å². The highest BCUT2D eigenvalue weighted by Gasteiger charge is 2.42. The van der Waals surface area contributed by atoms with Gasteiger partial charge in [0.2, 0.25) is 0 Å². The van der Waals surface area contributed by atoms with E-state index in [0.29, 0.717) is 6.42 Å². The molecule has 1 aliphatic carbocycles. The third-order valence-corrected chi connectivity index (χ3v) is 4.74. The third kappa shape index (κ3) is 4.48. The molecule has 19 heavy (non-hydrogen) atoms. The number of hydrogen-bond donors (Lipinski definition) is 1. The highest BCUT2D eigenvalue weighted by Crippen LogP contribution is 2.46. The number of ether oxygens (including phenoxy) is 1. The normalized spacial score (nSPS) is 29.3. The van der Waals surface area contributed by atoms with E-state index < -0.39 is 0 Å². The van der Waals surface area contributed by atoms with E-state index in [1.165, 1.54) is 26.4 Å². The van der Waals surface area contributed by atoms with E-state index in [1.807, 2.05) is 0 Å². The first kappa shape index (κ1) is 16.5. The number of nitrogens with two attached hydrogens (primary N) is 1. The molecule has 0 aromatic rings. The lowest BCUT2D eigenvalue weighted by Gasteiger charge is -2.44. The van der Waals surface area contributed by atoms with Gasteiger partial charge in [-0.15, -0.1) is 0 Å². The molecule has 0 aliphatic heterocycles. The lowest BCUT2D eigenvalue weighted by atomic mass is 9.62. The molecule has 0 heterocycles. The number of carbonyl (C=O) groups excluding carboxylic acids is 1. The molecule has 112 valence electrons. The molecule has 3 unspecified atom stereocenters. The number of esters is 1. The van der Waals surface area contributed by atoms with Crippen molar-refractivity contribution >= 4 is 5.97 Å². The van der Waals surface area contributed by atoms with E-state index in [1.54, 1.807) is 0 Å². The highest BCUT2D eigenvalue weighted by atomic mass is 16.5. The summed E-state index contributed by atoms with van der Waals surface area (Å²) in [7, 11) is 1.47. The van der Waals surface area contributed by atoms with Crippen LogP contribution in [0.1, 0.15) is 65.7 Å². The van der Waals surface area contributed by atoms with Gasteiger partial charge in [-0.2, -0.15) is 0 Å². The van der Waals surface area contributed by atoms with Crippen LogP contribution in [0.3, 0.4) is 0 Å². The average molecular weight is 269 g/mol. The molecular weight excluding hydrogens is 238 g/mol. The average Bonchev–Trinajstić information content (AvgIpc) is 2.37. The summed E-state index contributed by atoms with van der Waals surface area (Å²) in [5.74, 6) is 1.34. The number of hydrogen-bond acceptors (Lipinski definition) is 3. The van der Waals surface area contributed by atoms with Crippen LogP contribution in [0, 0.1) is 17.3 Å². The first-order valence-electron chi connectivity index (χ1n) is 7.76. The second-order valence-corrected chi connectivity index (χ2v) is 6.72. The van der Waals surface area contributed by atoms with Crippen LogP contribution >= 0.6 is 0 Å². The largest absolute Gasteiger partial charge is 0.469 e. The van der Waals surface area contributed by atoms with E-state index in [0.717, 1.165) is 31.1 Å². The molecule has 0 saturated heterocycles. The van der Waals surface area contributed by atoms with E-state index in [-0.39, 0.29) is 17.4 Å². The van der Waals surface area contributed by atoms with Crippen LogP contribution in [0.2, 0.25) is 0 Å². The fourth-order valence-corrected chi connectivity index (χ4v) is 3.81. The Labute approximate surface area is 118 Å². The van der Waals surface area contributed by atoms with Gasteiger partial charge in [0, 0.05) is 6.04 Å². The molecule has 1 rings (SSSR count). The smallest absolute Gasteiger partial charge is 0.306 e. The molecule has 1 aliphatic rings. The van der Waals surface area contributed by atoms with Crippen LogP contribution in [-0.2, 0) is 9.53 Å². The van der Waals surface area contributed by atoms with Crippen LogP contribution in [0.4, 0.5) is 0 Å². The van der Waals surface area contributed by atoms with Crippen molar-refractivity contribution in [2.45, 2.75) is 71.8 Å². The third-order valence-electron chi connectivity index (χ3n) is 4.74. The van der Waals surface area contributed by atoms with Gasteiger partial charge in [0.05, 0.1) is 13.5 Å². The Balaban J connectivity index is 2.80. The van der Waals surface area contributed by atoms with Gasteiger partial charge in [-0.3, -0.25) is 4.79 Å². The monoisotopic (exact) mass is 269 g/mol. The maximum Gasteiger partial charge on any atom is 0.306 e. The molecule has 0 aromatic carbocycles. The molecule has 0 radical (unpaired) electrons. The summed E-state index contributed by atoms with van der Waals surface area (Å²) < 4.78 is 4.89. The lowest BCUT2D eigenvalue weighted by Crippen LogP contribution is -2.46. The van der Waals surface area contributed by atoms with Crippen LogP contribution < -0.4 is 5.73 Å². The molecule has 1 fully saturated rings. The summed E-state index contributed by atoms with van der Waals surface area (Å²) in [6, 6.07) is 0.113. The zero-order valence-electron chi connectivity index (χ0n) is 13.1. The minimum atomic E-state index is -0.103. The summed E-state index contributed by atoms with van der Waals surface area (Å²) in [6.45, 7) is 6.67. The molecule has 3 heteroatoms. The minimum absolute atomic E-state index is 0.0281. The first-order valence-corrected chi connectivity index (χ1v) is 7.76. The van der Waals surface area contributed by atoms with Gasteiger partial charge in [-0.1, -0.05) is 33.6 Å². The van der Waals surface area contributed by atoms with Crippen molar-refractivity contribution in [2.75, 3.05) is 7.11 Å². The maximum absolute atomic E-state index is 11.8. The topological polar surface area (TPSA) is 52.3 Å². The second-order valence-electron chi connectivity index (χ2n) is 6.72. The summed E-state index contributed by atoms with van der Waals surface area (Å²) in [5, 5.41) is 0. The Morgan fingerprint density at radius 1 is 1.47 bits per heavy atom. The zero-order valence-corrected chi connectivity index (χ0v) is 13.1. The van der Waals surface area contributed by atoms with E-state index in [4.69, 9.17) is 10.5 Å². The molecule has 1 saturated carbocycles. The van der Waals surface area contributed by atoms with Gasteiger partial charge in [0.15, 0.2) is 0 Å². The van der Waals surface area contributed by atoms with Gasteiger partial charge < -0.3 is 10.5 Å². The van der Waals surface area contributed by atoms with Crippen LogP contribution in [0.15, 0.2) is 0 Å². The Morgan fingerprint density at radius 3 is 2.68 bits per heavy atom. The summed E-state index contributed by atoms with van der Waals surface area (Å²) in [6.07, 6.45) is 7.33. The van der Waals surface area contributed by atoms with Crippen molar-refractivity contribution in [2.24, 2.45) is 23.0 Å². The van der Waals surface area contributed by atoms with Gasteiger partial charge >= 0.3 is 5.97 Å². The zero-order chi connectivity index (χ0) is 14.5. The SMILES string of the molecule is CCC(N)C1(CC(=O)OC)CCCC(CC(C)C)C1. The quantitative estimate of drug-likeness (QED) is 0.751. The summed E-state index contributed by atoms with van der Waals surface area (Å²) >= 11 is 0. The number of carbonyl (C=O) groups is 1. The molecule has 2 N–H and O–H groups in total. The van der Waals surface area contributed by atoms with Gasteiger partial charge in [-0.25, -0.2) is 0 Å². The van der Waals surface area contributed by atoms with Crippen molar-refractivity contribution in [1.82, 2.24) is 0 Å². The number of methoxy groups -OCH3 is 1. The van der Waals surface area contributed by atoms with Crippen molar-refractivity contribution in [3.8, 4) is 0 Å². The fraction of sp³-hybridized carbons (Fsp3) is 0.938. The predicted molar refractivity (Wildman–Crippen MR) is 78.7 cm³/mol. The molecule has 0 aromatic heterocycles. The highest BCUT2D eigenvalue weighted by molar-refractivity contribution is 5.70. The fourth-order valence-electron chi connectivity index (χ4n) is 3.81. The van der Waals surface area contributed by atoms with Crippen molar-refractivity contribution in [1.29, 1.82) is 0 Å². The standard InChI is InChI=1S/C16H31NO2/c1-5-14(17)16(11-15(18)19-4)8-6-7-13(10-16)9-12(2)3/h12-14H,5-11,17H2,1-4H3. The molecule has 3 atom stereocenters. The van der Waals surface area contributed by atoms with Gasteiger partial charge in [0.1, 0.15) is 0 Å². The lowest BCUT2D eigenvalue weighted by molar-refractivity contribution is -0.145. The van der Waals surface area contributed by atoms with E-state index in [9.17, 15) is 4.79 Å². The van der Waals surface area contributed by atoms with E-state index >= 15 is 0 Å². The molecule has 0 spiro atoms.